The number of carboxylic acid groups (broad SMARTS) is 1. The Balaban J connectivity index is 3.19. The molecule has 0 spiro atoms. The lowest BCUT2D eigenvalue weighted by Crippen LogP contribution is -2.03. The molecule has 1 aromatic rings. The second-order valence-corrected chi connectivity index (χ2v) is 2.53. The summed E-state index contributed by atoms with van der Waals surface area (Å²) in [5.74, 6) is -1.30. The minimum atomic E-state index is -2.67. The molecule has 0 saturated heterocycles. The molecule has 0 aromatic carbocycles. The summed E-state index contributed by atoms with van der Waals surface area (Å²) < 4.78 is 24.3. The van der Waals surface area contributed by atoms with E-state index < -0.39 is 12.4 Å². The van der Waals surface area contributed by atoms with E-state index in [9.17, 15) is 13.6 Å². The van der Waals surface area contributed by atoms with Crippen molar-refractivity contribution in [2.75, 3.05) is 0 Å². The molecule has 0 aliphatic rings. The normalized spacial score (nSPS) is 10.5. The standard InChI is InChI=1S/C8H7F2NO2/c1-4-2-5(7(9)10)3-6(11-4)8(12)13/h2-3,7H,1H3,(H,12,13). The minimum absolute atomic E-state index is 0.273. The molecule has 70 valence electrons. The third-order valence-corrected chi connectivity index (χ3v) is 1.45. The maximum atomic E-state index is 12.2. The van der Waals surface area contributed by atoms with Crippen LogP contribution in [0.25, 0.3) is 0 Å². The van der Waals surface area contributed by atoms with Gasteiger partial charge in [-0.25, -0.2) is 18.6 Å². The second kappa shape index (κ2) is 3.47. The molecule has 1 aromatic heterocycles. The number of hydrogen-bond acceptors (Lipinski definition) is 2. The van der Waals surface area contributed by atoms with Crippen LogP contribution < -0.4 is 0 Å². The zero-order valence-electron chi connectivity index (χ0n) is 6.79. The van der Waals surface area contributed by atoms with E-state index in [1.54, 1.807) is 0 Å². The molecule has 3 nitrogen and oxygen atoms in total. The van der Waals surface area contributed by atoms with Crippen molar-refractivity contribution < 1.29 is 18.7 Å². The van der Waals surface area contributed by atoms with Crippen molar-refractivity contribution in [1.29, 1.82) is 0 Å². The lowest BCUT2D eigenvalue weighted by atomic mass is 10.2. The molecule has 13 heavy (non-hydrogen) atoms. The van der Waals surface area contributed by atoms with Gasteiger partial charge in [0.05, 0.1) is 0 Å². The fourth-order valence-corrected chi connectivity index (χ4v) is 0.931. The van der Waals surface area contributed by atoms with Crippen molar-refractivity contribution in [3.05, 3.63) is 29.1 Å². The first-order chi connectivity index (χ1) is 6.00. The Kier molecular flexibility index (Phi) is 2.55. The number of aryl methyl sites for hydroxylation is 1. The molecule has 0 unspecified atom stereocenters. The zero-order chi connectivity index (χ0) is 10.0. The molecule has 0 fully saturated rings. The number of rotatable bonds is 2. The molecule has 0 atom stereocenters. The molecular weight excluding hydrogens is 180 g/mol. The molecule has 1 rings (SSSR count). The smallest absolute Gasteiger partial charge is 0.354 e. The van der Waals surface area contributed by atoms with Crippen LogP contribution in [0, 0.1) is 6.92 Å². The van der Waals surface area contributed by atoms with Crippen LogP contribution >= 0.6 is 0 Å². The number of aromatic carboxylic acids is 1. The van der Waals surface area contributed by atoms with Gasteiger partial charge < -0.3 is 5.11 Å². The highest BCUT2D eigenvalue weighted by Crippen LogP contribution is 2.19. The van der Waals surface area contributed by atoms with Gasteiger partial charge in [0.15, 0.2) is 0 Å². The largest absolute Gasteiger partial charge is 0.477 e. The van der Waals surface area contributed by atoms with Crippen LogP contribution in [0.2, 0.25) is 0 Å². The lowest BCUT2D eigenvalue weighted by Gasteiger charge is -2.02. The number of hydrogen-bond donors (Lipinski definition) is 1. The van der Waals surface area contributed by atoms with Crippen molar-refractivity contribution in [1.82, 2.24) is 4.98 Å². The third-order valence-electron chi connectivity index (χ3n) is 1.45. The number of nitrogens with zero attached hydrogens (tertiary/aromatic N) is 1. The topological polar surface area (TPSA) is 50.2 Å². The summed E-state index contributed by atoms with van der Waals surface area (Å²) in [4.78, 5) is 14.0. The number of carbonyl (C=O) groups is 1. The maximum Gasteiger partial charge on any atom is 0.354 e. The molecule has 0 aliphatic heterocycles. The van der Waals surface area contributed by atoms with Crippen molar-refractivity contribution in [2.45, 2.75) is 13.3 Å². The molecule has 5 heteroatoms. The van der Waals surface area contributed by atoms with E-state index in [0.717, 1.165) is 12.1 Å². The van der Waals surface area contributed by atoms with Crippen LogP contribution in [-0.2, 0) is 0 Å². The first-order valence-electron chi connectivity index (χ1n) is 3.50. The Morgan fingerprint density at radius 2 is 2.15 bits per heavy atom. The van der Waals surface area contributed by atoms with Gasteiger partial charge in [-0.15, -0.1) is 0 Å². The van der Waals surface area contributed by atoms with Crippen LogP contribution in [0.5, 0.6) is 0 Å². The van der Waals surface area contributed by atoms with Gasteiger partial charge in [0.25, 0.3) is 6.43 Å². The first-order valence-corrected chi connectivity index (χ1v) is 3.50. The van der Waals surface area contributed by atoms with Gasteiger partial charge in [0.2, 0.25) is 0 Å². The minimum Gasteiger partial charge on any atom is -0.477 e. The first kappa shape index (κ1) is 9.57. The van der Waals surface area contributed by atoms with E-state index in [1.165, 1.54) is 6.92 Å². The van der Waals surface area contributed by atoms with Gasteiger partial charge in [-0.1, -0.05) is 0 Å². The van der Waals surface area contributed by atoms with Gasteiger partial charge in [-0.3, -0.25) is 0 Å². The monoisotopic (exact) mass is 187 g/mol. The fraction of sp³-hybridized carbons (Fsp3) is 0.250. The summed E-state index contributed by atoms with van der Waals surface area (Å²) >= 11 is 0. The number of alkyl halides is 2. The van der Waals surface area contributed by atoms with E-state index in [1.807, 2.05) is 0 Å². The molecule has 1 heterocycles. The van der Waals surface area contributed by atoms with Crippen LogP contribution in [0.1, 0.15) is 28.2 Å². The Morgan fingerprint density at radius 3 is 2.62 bits per heavy atom. The van der Waals surface area contributed by atoms with Gasteiger partial charge in [0, 0.05) is 11.3 Å². The quantitative estimate of drug-likeness (QED) is 0.770. The van der Waals surface area contributed by atoms with Gasteiger partial charge in [0.1, 0.15) is 5.69 Å². The van der Waals surface area contributed by atoms with E-state index in [2.05, 4.69) is 4.98 Å². The summed E-state index contributed by atoms with van der Waals surface area (Å²) in [7, 11) is 0. The van der Waals surface area contributed by atoms with E-state index >= 15 is 0 Å². The maximum absolute atomic E-state index is 12.2. The summed E-state index contributed by atoms with van der Waals surface area (Å²) in [6.07, 6.45) is -2.67. The number of carboxylic acids is 1. The van der Waals surface area contributed by atoms with Crippen molar-refractivity contribution >= 4 is 5.97 Å². The van der Waals surface area contributed by atoms with E-state index in [0.29, 0.717) is 0 Å². The predicted molar refractivity (Wildman–Crippen MR) is 40.9 cm³/mol. The summed E-state index contributed by atoms with van der Waals surface area (Å²) in [6, 6.07) is 2.04. The van der Waals surface area contributed by atoms with Gasteiger partial charge in [-0.2, -0.15) is 0 Å². The zero-order valence-corrected chi connectivity index (χ0v) is 6.79. The van der Waals surface area contributed by atoms with E-state index in [-0.39, 0.29) is 17.0 Å². The SMILES string of the molecule is Cc1cc(C(F)F)cc(C(=O)O)n1. The van der Waals surface area contributed by atoms with Crippen molar-refractivity contribution in [3.8, 4) is 0 Å². The third kappa shape index (κ3) is 2.21. The highest BCUT2D eigenvalue weighted by atomic mass is 19.3. The number of pyridine rings is 1. The Bertz CT molecular complexity index is 339. The Labute approximate surface area is 73.0 Å². The highest BCUT2D eigenvalue weighted by Gasteiger charge is 2.12. The second-order valence-electron chi connectivity index (χ2n) is 2.53. The molecule has 0 amide bonds. The van der Waals surface area contributed by atoms with Crippen LogP contribution in [-0.4, -0.2) is 16.1 Å². The number of aromatic nitrogens is 1. The predicted octanol–water partition coefficient (Wildman–Crippen LogP) is 2.03. The lowest BCUT2D eigenvalue weighted by molar-refractivity contribution is 0.0689. The van der Waals surface area contributed by atoms with E-state index in [4.69, 9.17) is 5.11 Å². The van der Waals surface area contributed by atoms with Crippen LogP contribution in [0.3, 0.4) is 0 Å². The van der Waals surface area contributed by atoms with Crippen LogP contribution in [0.4, 0.5) is 8.78 Å². The summed E-state index contributed by atoms with van der Waals surface area (Å²) in [5, 5.41) is 8.51. The fourth-order valence-electron chi connectivity index (χ4n) is 0.931. The van der Waals surface area contributed by atoms with Gasteiger partial charge >= 0.3 is 5.97 Å². The van der Waals surface area contributed by atoms with Gasteiger partial charge in [-0.05, 0) is 19.1 Å². The molecular formula is C8H7F2NO2. The van der Waals surface area contributed by atoms with Crippen molar-refractivity contribution in [3.63, 3.8) is 0 Å². The molecule has 0 aliphatic carbocycles. The molecule has 0 bridgehead atoms. The summed E-state index contributed by atoms with van der Waals surface area (Å²) in [5.41, 5.74) is -0.393. The average molecular weight is 187 g/mol. The molecule has 0 radical (unpaired) electrons. The Morgan fingerprint density at radius 1 is 1.54 bits per heavy atom. The number of halogens is 2. The molecule has 1 N–H and O–H groups in total. The van der Waals surface area contributed by atoms with Crippen LogP contribution in [0.15, 0.2) is 12.1 Å². The summed E-state index contributed by atoms with van der Waals surface area (Å²) in [6.45, 7) is 1.47. The highest BCUT2D eigenvalue weighted by molar-refractivity contribution is 5.85. The van der Waals surface area contributed by atoms with Crippen molar-refractivity contribution in [2.24, 2.45) is 0 Å². The Hall–Kier alpha value is -1.52. The average Bonchev–Trinajstić information content (AvgIpc) is 2.03. The molecule has 0 saturated carbocycles.